The van der Waals surface area contributed by atoms with Gasteiger partial charge < -0.3 is 5.11 Å². The molecule has 4 rings (SSSR count). The Morgan fingerprint density at radius 1 is 1.13 bits per heavy atom. The maximum Gasteiger partial charge on any atom is 0.196 e. The zero-order chi connectivity index (χ0) is 16.6. The van der Waals surface area contributed by atoms with Crippen molar-refractivity contribution in [3.8, 4) is 0 Å². The van der Waals surface area contributed by atoms with Crippen molar-refractivity contribution < 1.29 is 9.90 Å². The lowest BCUT2D eigenvalue weighted by atomic mass is 9.47. The summed E-state index contributed by atoms with van der Waals surface area (Å²) in [4.78, 5) is 12.0. The van der Waals surface area contributed by atoms with Gasteiger partial charge in [0.15, 0.2) is 5.78 Å². The van der Waals surface area contributed by atoms with Gasteiger partial charge in [-0.15, -0.1) is 0 Å². The number of rotatable bonds is 0. The summed E-state index contributed by atoms with van der Waals surface area (Å²) in [5.74, 6) is 1.76. The molecule has 4 aliphatic rings. The van der Waals surface area contributed by atoms with E-state index in [0.717, 1.165) is 38.5 Å². The predicted molar refractivity (Wildman–Crippen MR) is 92.0 cm³/mol. The molecular weight excluding hydrogens is 308 g/mol. The molecule has 0 aromatic heterocycles. The minimum absolute atomic E-state index is 0.0259. The van der Waals surface area contributed by atoms with Crippen molar-refractivity contribution in [3.63, 3.8) is 0 Å². The SMILES string of the molecule is CC12C=CC(=O)C(Cl)=C1CCC1C2CCC2(C)C1CC[C@]2(C)O. The Morgan fingerprint density at radius 3 is 2.57 bits per heavy atom. The molecule has 6 atom stereocenters. The largest absolute Gasteiger partial charge is 0.390 e. The lowest BCUT2D eigenvalue weighted by molar-refractivity contribution is -0.114. The van der Waals surface area contributed by atoms with Crippen LogP contribution >= 0.6 is 11.6 Å². The first-order valence-corrected chi connectivity index (χ1v) is 9.43. The summed E-state index contributed by atoms with van der Waals surface area (Å²) in [6.07, 6.45) is 10.1. The van der Waals surface area contributed by atoms with Crippen LogP contribution in [0.2, 0.25) is 0 Å². The van der Waals surface area contributed by atoms with Crippen molar-refractivity contribution in [2.45, 2.75) is 64.9 Å². The standard InChI is InChI=1S/C20H27ClO2/c1-18-9-8-16(22)17(21)15(18)5-4-12-13(18)6-10-19(2)14(12)7-11-20(19,3)23/h8-9,12-14,23H,4-7,10-11H2,1-3H3/t12?,13?,14?,18?,19?,20-/m0/s1. The first kappa shape index (κ1) is 15.9. The van der Waals surface area contributed by atoms with Crippen LogP contribution in [-0.4, -0.2) is 16.5 Å². The van der Waals surface area contributed by atoms with Crippen LogP contribution in [0.25, 0.3) is 0 Å². The molecule has 3 saturated carbocycles. The van der Waals surface area contributed by atoms with Gasteiger partial charge in [-0.05, 0) is 80.3 Å². The van der Waals surface area contributed by atoms with E-state index < -0.39 is 5.60 Å². The van der Waals surface area contributed by atoms with Gasteiger partial charge >= 0.3 is 0 Å². The molecule has 23 heavy (non-hydrogen) atoms. The van der Waals surface area contributed by atoms with Crippen LogP contribution in [0.3, 0.4) is 0 Å². The average Bonchev–Trinajstić information content (AvgIpc) is 2.74. The molecule has 4 aliphatic carbocycles. The van der Waals surface area contributed by atoms with Crippen LogP contribution in [0.4, 0.5) is 0 Å². The van der Waals surface area contributed by atoms with E-state index >= 15 is 0 Å². The van der Waals surface area contributed by atoms with Gasteiger partial charge in [0.1, 0.15) is 0 Å². The summed E-state index contributed by atoms with van der Waals surface area (Å²) >= 11 is 6.38. The summed E-state index contributed by atoms with van der Waals surface area (Å²) < 4.78 is 0. The maximum absolute atomic E-state index is 12.0. The zero-order valence-corrected chi connectivity index (χ0v) is 15.1. The van der Waals surface area contributed by atoms with E-state index in [9.17, 15) is 9.90 Å². The van der Waals surface area contributed by atoms with Gasteiger partial charge in [-0.2, -0.15) is 0 Å². The van der Waals surface area contributed by atoms with Gasteiger partial charge in [-0.3, -0.25) is 4.79 Å². The molecular formula is C20H27ClO2. The number of halogens is 1. The number of ketones is 1. The van der Waals surface area contributed by atoms with Crippen LogP contribution in [0.1, 0.15) is 59.3 Å². The topological polar surface area (TPSA) is 37.3 Å². The second-order valence-electron chi connectivity index (χ2n) is 8.96. The molecule has 1 N–H and O–H groups in total. The molecule has 3 fully saturated rings. The molecule has 2 nitrogen and oxygen atoms in total. The van der Waals surface area contributed by atoms with Gasteiger partial charge in [0.25, 0.3) is 0 Å². The van der Waals surface area contributed by atoms with Crippen LogP contribution in [0.15, 0.2) is 22.8 Å². The molecule has 0 aromatic carbocycles. The summed E-state index contributed by atoms with van der Waals surface area (Å²) in [7, 11) is 0. The molecule has 0 saturated heterocycles. The van der Waals surface area contributed by atoms with E-state index in [0.29, 0.717) is 22.8 Å². The smallest absolute Gasteiger partial charge is 0.196 e. The minimum Gasteiger partial charge on any atom is -0.390 e. The van der Waals surface area contributed by atoms with E-state index in [2.05, 4.69) is 19.9 Å². The van der Waals surface area contributed by atoms with Gasteiger partial charge in [0.2, 0.25) is 0 Å². The molecule has 0 aromatic rings. The fourth-order valence-corrected chi connectivity index (χ4v) is 6.88. The second-order valence-corrected chi connectivity index (χ2v) is 9.33. The number of hydrogen-bond acceptors (Lipinski definition) is 2. The van der Waals surface area contributed by atoms with Crippen molar-refractivity contribution in [3.05, 3.63) is 22.8 Å². The monoisotopic (exact) mass is 334 g/mol. The Bertz CT molecular complexity index is 632. The molecule has 0 heterocycles. The minimum atomic E-state index is -0.532. The fourth-order valence-electron chi connectivity index (χ4n) is 6.52. The number of aliphatic hydroxyl groups is 1. The van der Waals surface area contributed by atoms with Crippen LogP contribution in [-0.2, 0) is 4.79 Å². The van der Waals surface area contributed by atoms with Gasteiger partial charge in [0.05, 0.1) is 10.6 Å². The van der Waals surface area contributed by atoms with Gasteiger partial charge in [-0.1, -0.05) is 31.5 Å². The number of fused-ring (bicyclic) bond motifs is 5. The fraction of sp³-hybridized carbons (Fsp3) is 0.750. The first-order chi connectivity index (χ1) is 10.7. The van der Waals surface area contributed by atoms with Crippen molar-refractivity contribution >= 4 is 17.4 Å². The molecule has 3 heteroatoms. The Kier molecular flexibility index (Phi) is 3.27. The lowest BCUT2D eigenvalue weighted by Crippen LogP contribution is -2.53. The number of carbonyl (C=O) groups excluding carboxylic acids is 1. The third kappa shape index (κ3) is 1.88. The molecule has 0 radical (unpaired) electrons. The highest BCUT2D eigenvalue weighted by Gasteiger charge is 2.62. The molecule has 0 spiro atoms. The van der Waals surface area contributed by atoms with E-state index in [-0.39, 0.29) is 16.6 Å². The third-order valence-electron chi connectivity index (χ3n) is 8.21. The van der Waals surface area contributed by atoms with Gasteiger partial charge in [-0.25, -0.2) is 0 Å². The van der Waals surface area contributed by atoms with Crippen molar-refractivity contribution in [2.24, 2.45) is 28.6 Å². The number of carbonyl (C=O) groups is 1. The molecule has 0 bridgehead atoms. The second kappa shape index (κ2) is 4.73. The maximum atomic E-state index is 12.0. The normalized spacial score (nSPS) is 52.2. The van der Waals surface area contributed by atoms with Crippen LogP contribution in [0, 0.1) is 28.6 Å². The third-order valence-corrected chi connectivity index (χ3v) is 8.62. The summed E-state index contributed by atoms with van der Waals surface area (Å²) in [6, 6.07) is 0. The first-order valence-electron chi connectivity index (χ1n) is 9.06. The van der Waals surface area contributed by atoms with E-state index in [1.165, 1.54) is 5.57 Å². The Morgan fingerprint density at radius 2 is 1.83 bits per heavy atom. The van der Waals surface area contributed by atoms with Crippen molar-refractivity contribution in [1.82, 2.24) is 0 Å². The Labute approximate surface area is 144 Å². The summed E-state index contributed by atoms with van der Waals surface area (Å²) in [5.41, 5.74) is 0.615. The molecule has 0 aliphatic heterocycles. The molecule has 126 valence electrons. The molecule has 5 unspecified atom stereocenters. The average molecular weight is 335 g/mol. The number of allylic oxidation sites excluding steroid dienone is 4. The van der Waals surface area contributed by atoms with E-state index in [1.54, 1.807) is 6.08 Å². The Balaban J connectivity index is 1.74. The van der Waals surface area contributed by atoms with Gasteiger partial charge in [0, 0.05) is 5.41 Å². The van der Waals surface area contributed by atoms with E-state index in [4.69, 9.17) is 11.6 Å². The van der Waals surface area contributed by atoms with Crippen LogP contribution in [0.5, 0.6) is 0 Å². The van der Waals surface area contributed by atoms with E-state index in [1.807, 2.05) is 6.92 Å². The van der Waals surface area contributed by atoms with Crippen molar-refractivity contribution in [1.29, 1.82) is 0 Å². The summed E-state index contributed by atoms with van der Waals surface area (Å²) in [5, 5.41) is 11.4. The Hall–Kier alpha value is -0.600. The zero-order valence-electron chi connectivity index (χ0n) is 14.4. The highest BCUT2D eigenvalue weighted by molar-refractivity contribution is 6.45. The van der Waals surface area contributed by atoms with Crippen molar-refractivity contribution in [2.75, 3.05) is 0 Å². The highest BCUT2D eigenvalue weighted by atomic mass is 35.5. The predicted octanol–water partition coefficient (Wildman–Crippen LogP) is 4.61. The number of hydrogen-bond donors (Lipinski definition) is 1. The molecule has 0 amide bonds. The summed E-state index contributed by atoms with van der Waals surface area (Å²) in [6.45, 7) is 6.63. The quantitative estimate of drug-likeness (QED) is 0.702. The van der Waals surface area contributed by atoms with Crippen LogP contribution < -0.4 is 0 Å². The highest BCUT2D eigenvalue weighted by Crippen LogP contribution is 2.67. The lowest BCUT2D eigenvalue weighted by Gasteiger charge is -2.58.